The van der Waals surface area contributed by atoms with Crippen molar-refractivity contribution < 1.29 is 19.8 Å². The molecule has 0 spiro atoms. The van der Waals surface area contributed by atoms with Crippen molar-refractivity contribution in [2.45, 2.75) is 65.2 Å². The first-order chi connectivity index (χ1) is 13.4. The molecule has 0 heterocycles. The Kier molecular flexibility index (Phi) is 11.3. The lowest BCUT2D eigenvalue weighted by Crippen LogP contribution is -1.94. The van der Waals surface area contributed by atoms with Crippen molar-refractivity contribution in [3.63, 3.8) is 0 Å². The molecule has 0 aliphatic rings. The molecule has 0 amide bonds. The predicted octanol–water partition coefficient (Wildman–Crippen LogP) is 5.58. The van der Waals surface area contributed by atoms with Crippen LogP contribution in [0.15, 0.2) is 48.5 Å². The van der Waals surface area contributed by atoms with Crippen molar-refractivity contribution in [2.75, 3.05) is 0 Å². The van der Waals surface area contributed by atoms with Crippen molar-refractivity contribution in [1.29, 1.82) is 0 Å². The van der Waals surface area contributed by atoms with E-state index in [-0.39, 0.29) is 12.8 Å². The Morgan fingerprint density at radius 3 is 1.21 bits per heavy atom. The minimum atomic E-state index is -0.700. The van der Waals surface area contributed by atoms with E-state index in [2.05, 4.69) is 62.4 Å². The molecule has 0 saturated heterocycles. The fraction of sp³-hybridized carbons (Fsp3) is 0.417. The molecule has 0 radical (unpaired) electrons. The van der Waals surface area contributed by atoms with Gasteiger partial charge in [0.15, 0.2) is 0 Å². The van der Waals surface area contributed by atoms with Gasteiger partial charge < -0.3 is 10.2 Å². The van der Waals surface area contributed by atoms with Gasteiger partial charge in [0.05, 0.1) is 0 Å². The molecule has 0 aromatic heterocycles. The second-order valence-corrected chi connectivity index (χ2v) is 7.17. The van der Waals surface area contributed by atoms with E-state index in [1.54, 1.807) is 0 Å². The average molecular weight is 385 g/mol. The lowest BCUT2D eigenvalue weighted by molar-refractivity contribution is -0.138. The minimum absolute atomic E-state index is 0.284. The van der Waals surface area contributed by atoms with E-state index >= 15 is 0 Å². The van der Waals surface area contributed by atoms with Crippen molar-refractivity contribution in [1.82, 2.24) is 0 Å². The number of rotatable bonds is 10. The zero-order chi connectivity index (χ0) is 20.8. The molecule has 0 aliphatic heterocycles. The molecule has 2 N–H and O–H groups in total. The summed E-state index contributed by atoms with van der Waals surface area (Å²) in [4.78, 5) is 20.5. The lowest BCUT2D eigenvalue weighted by atomic mass is 10.1. The number of carboxylic acid groups (broad SMARTS) is 2. The summed E-state index contributed by atoms with van der Waals surface area (Å²) in [5, 5.41) is 16.9. The molecule has 2 rings (SSSR count). The van der Waals surface area contributed by atoms with Crippen molar-refractivity contribution >= 4 is 11.9 Å². The van der Waals surface area contributed by atoms with Crippen LogP contribution in [0.5, 0.6) is 0 Å². The first kappa shape index (κ1) is 23.4. The first-order valence-electron chi connectivity index (χ1n) is 9.91. The summed E-state index contributed by atoms with van der Waals surface area (Å²) in [6.07, 6.45) is 5.97. The van der Waals surface area contributed by atoms with Crippen LogP contribution in [-0.2, 0) is 22.4 Å². The minimum Gasteiger partial charge on any atom is -0.481 e. The quantitative estimate of drug-likeness (QED) is 0.524. The molecule has 0 bridgehead atoms. The first-order valence-corrected chi connectivity index (χ1v) is 9.91. The Morgan fingerprint density at radius 1 is 0.607 bits per heavy atom. The normalized spacial score (nSPS) is 10.1. The van der Waals surface area contributed by atoms with Gasteiger partial charge >= 0.3 is 11.9 Å². The van der Waals surface area contributed by atoms with Crippen LogP contribution in [-0.4, -0.2) is 22.2 Å². The fourth-order valence-corrected chi connectivity index (χ4v) is 2.72. The van der Waals surface area contributed by atoms with Crippen molar-refractivity contribution in [3.8, 4) is 0 Å². The van der Waals surface area contributed by atoms with Gasteiger partial charge in [0, 0.05) is 12.8 Å². The zero-order valence-corrected chi connectivity index (χ0v) is 17.0. The van der Waals surface area contributed by atoms with Gasteiger partial charge in [0.2, 0.25) is 0 Å². The Labute approximate surface area is 168 Å². The summed E-state index contributed by atoms with van der Waals surface area (Å²) in [5.41, 5.74) is 5.11. The van der Waals surface area contributed by atoms with Gasteiger partial charge in [0.1, 0.15) is 0 Å². The van der Waals surface area contributed by atoms with E-state index in [4.69, 9.17) is 10.2 Å². The lowest BCUT2D eigenvalue weighted by Gasteiger charge is -2.00. The Bertz CT molecular complexity index is 639. The van der Waals surface area contributed by atoms with Crippen LogP contribution in [0.25, 0.3) is 0 Å². The molecular formula is C24H32O4. The van der Waals surface area contributed by atoms with Crippen LogP contribution >= 0.6 is 0 Å². The van der Waals surface area contributed by atoms with E-state index < -0.39 is 11.9 Å². The van der Waals surface area contributed by atoms with Crippen LogP contribution in [0.2, 0.25) is 0 Å². The third-order valence-corrected chi connectivity index (χ3v) is 4.45. The van der Waals surface area contributed by atoms with Crippen LogP contribution in [0.3, 0.4) is 0 Å². The Morgan fingerprint density at radius 2 is 0.929 bits per heavy atom. The highest BCUT2D eigenvalue weighted by Gasteiger charge is 1.98. The van der Waals surface area contributed by atoms with Gasteiger partial charge in [-0.1, -0.05) is 59.7 Å². The SMILES string of the molecule is Cc1ccc(CCCCC(=O)O)cc1.Cc1ccc(CCCCC(=O)O)cc1. The van der Waals surface area contributed by atoms with Crippen LogP contribution in [0.4, 0.5) is 0 Å². The van der Waals surface area contributed by atoms with E-state index in [0.29, 0.717) is 0 Å². The maximum atomic E-state index is 10.3. The standard InChI is InChI=1S/2C12H16O2/c2*1-10-6-8-11(9-7-10)4-2-3-5-12(13)14/h2*6-9H,2-5H2,1H3,(H,13,14). The molecule has 2 aromatic rings. The third kappa shape index (κ3) is 11.9. The number of benzene rings is 2. The highest BCUT2D eigenvalue weighted by Crippen LogP contribution is 2.09. The second-order valence-electron chi connectivity index (χ2n) is 7.17. The van der Waals surface area contributed by atoms with E-state index in [1.807, 2.05) is 0 Å². The molecule has 0 aliphatic carbocycles. The molecule has 152 valence electrons. The summed E-state index contributed by atoms with van der Waals surface area (Å²) in [6.45, 7) is 4.13. The summed E-state index contributed by atoms with van der Waals surface area (Å²) < 4.78 is 0. The predicted molar refractivity (Wildman–Crippen MR) is 113 cm³/mol. The van der Waals surface area contributed by atoms with Gasteiger partial charge in [-0.05, 0) is 63.5 Å². The summed E-state index contributed by atoms with van der Waals surface area (Å²) >= 11 is 0. The van der Waals surface area contributed by atoms with Gasteiger partial charge in [-0.3, -0.25) is 9.59 Å². The average Bonchev–Trinajstić information content (AvgIpc) is 2.65. The second kappa shape index (κ2) is 13.5. The third-order valence-electron chi connectivity index (χ3n) is 4.45. The van der Waals surface area contributed by atoms with E-state index in [0.717, 1.165) is 38.5 Å². The van der Waals surface area contributed by atoms with Gasteiger partial charge in [-0.15, -0.1) is 0 Å². The Hall–Kier alpha value is -2.62. The fourth-order valence-electron chi connectivity index (χ4n) is 2.72. The number of aliphatic carboxylic acids is 2. The Balaban J connectivity index is 0.000000280. The maximum absolute atomic E-state index is 10.3. The number of carboxylic acids is 2. The van der Waals surface area contributed by atoms with E-state index in [1.165, 1.54) is 22.3 Å². The molecule has 0 fully saturated rings. The monoisotopic (exact) mass is 384 g/mol. The molecule has 4 heteroatoms. The summed E-state index contributed by atoms with van der Waals surface area (Å²) in [5.74, 6) is -1.40. The molecule has 4 nitrogen and oxygen atoms in total. The molecule has 0 atom stereocenters. The highest BCUT2D eigenvalue weighted by molar-refractivity contribution is 5.66. The van der Waals surface area contributed by atoms with Crippen LogP contribution in [0.1, 0.15) is 60.8 Å². The molecule has 0 unspecified atom stereocenters. The van der Waals surface area contributed by atoms with Gasteiger partial charge in [-0.25, -0.2) is 0 Å². The molecular weight excluding hydrogens is 352 g/mol. The summed E-state index contributed by atoms with van der Waals surface area (Å²) in [6, 6.07) is 16.8. The van der Waals surface area contributed by atoms with Gasteiger partial charge in [-0.2, -0.15) is 0 Å². The number of hydrogen-bond donors (Lipinski definition) is 2. The number of hydrogen-bond acceptors (Lipinski definition) is 2. The van der Waals surface area contributed by atoms with Crippen molar-refractivity contribution in [2.24, 2.45) is 0 Å². The largest absolute Gasteiger partial charge is 0.481 e. The topological polar surface area (TPSA) is 74.6 Å². The van der Waals surface area contributed by atoms with Crippen molar-refractivity contribution in [3.05, 3.63) is 70.8 Å². The number of unbranched alkanes of at least 4 members (excludes halogenated alkanes) is 2. The van der Waals surface area contributed by atoms with Gasteiger partial charge in [0.25, 0.3) is 0 Å². The number of aryl methyl sites for hydroxylation is 4. The maximum Gasteiger partial charge on any atom is 0.303 e. The van der Waals surface area contributed by atoms with Crippen LogP contribution in [0, 0.1) is 13.8 Å². The van der Waals surface area contributed by atoms with Crippen LogP contribution < -0.4 is 0 Å². The molecule has 0 saturated carbocycles. The van der Waals surface area contributed by atoms with E-state index in [9.17, 15) is 9.59 Å². The smallest absolute Gasteiger partial charge is 0.303 e. The highest BCUT2D eigenvalue weighted by atomic mass is 16.4. The number of carbonyl (C=O) groups is 2. The molecule has 2 aromatic carbocycles. The summed E-state index contributed by atoms with van der Waals surface area (Å²) in [7, 11) is 0. The zero-order valence-electron chi connectivity index (χ0n) is 17.0. The molecule has 28 heavy (non-hydrogen) atoms.